The summed E-state index contributed by atoms with van der Waals surface area (Å²) in [6, 6.07) is 0. The number of unbranched alkanes of at least 4 members (excludes halogenated alkanes) is 2. The topological polar surface area (TPSA) is 20.2 Å². The lowest BCUT2D eigenvalue weighted by atomic mass is 9.94. The average molecular weight is 168 g/mol. The molecular weight excluding hydrogens is 148 g/mol. The molecule has 1 heteroatoms. The molecule has 1 N–H and O–H groups in total. The number of aliphatic hydroxyl groups is 1. The summed E-state index contributed by atoms with van der Waals surface area (Å²) < 4.78 is 0. The van der Waals surface area contributed by atoms with Crippen molar-refractivity contribution >= 4 is 0 Å². The van der Waals surface area contributed by atoms with Crippen LogP contribution in [0.4, 0.5) is 0 Å². The van der Waals surface area contributed by atoms with E-state index in [0.717, 1.165) is 12.8 Å². The van der Waals surface area contributed by atoms with Crippen LogP contribution < -0.4 is 0 Å². The first-order valence-corrected chi connectivity index (χ1v) is 5.22. The maximum absolute atomic E-state index is 8.58. The highest BCUT2D eigenvalue weighted by molar-refractivity contribution is 5.03. The van der Waals surface area contributed by atoms with Crippen LogP contribution in [-0.2, 0) is 0 Å². The normalized spacial score (nSPS) is 17.9. The summed E-state index contributed by atoms with van der Waals surface area (Å²) in [4.78, 5) is 0. The maximum atomic E-state index is 8.58. The van der Waals surface area contributed by atoms with E-state index in [2.05, 4.69) is 6.08 Å². The zero-order valence-corrected chi connectivity index (χ0v) is 7.89. The smallest absolute Gasteiger partial charge is 0.0431 e. The fourth-order valence-electron chi connectivity index (χ4n) is 1.77. The van der Waals surface area contributed by atoms with E-state index >= 15 is 0 Å². The van der Waals surface area contributed by atoms with Crippen molar-refractivity contribution in [3.63, 3.8) is 0 Å². The van der Waals surface area contributed by atoms with Crippen molar-refractivity contribution in [3.05, 3.63) is 11.6 Å². The number of allylic oxidation sites excluding steroid dienone is 2. The van der Waals surface area contributed by atoms with E-state index in [-0.39, 0.29) is 0 Å². The van der Waals surface area contributed by atoms with Gasteiger partial charge < -0.3 is 5.11 Å². The standard InChI is InChI=1S/C11H20O/c12-10-6-2-5-9-11-7-3-1-4-8-11/h9,12H,1-8,10H2. The van der Waals surface area contributed by atoms with Crippen molar-refractivity contribution in [3.8, 4) is 0 Å². The molecule has 12 heavy (non-hydrogen) atoms. The van der Waals surface area contributed by atoms with Crippen LogP contribution in [0.3, 0.4) is 0 Å². The summed E-state index contributed by atoms with van der Waals surface area (Å²) in [5, 5.41) is 8.58. The number of aliphatic hydroxyl groups excluding tert-OH is 1. The second-order valence-corrected chi connectivity index (χ2v) is 3.64. The van der Waals surface area contributed by atoms with E-state index in [0.29, 0.717) is 6.61 Å². The Hall–Kier alpha value is -0.300. The van der Waals surface area contributed by atoms with Crippen LogP contribution in [-0.4, -0.2) is 11.7 Å². The van der Waals surface area contributed by atoms with Crippen molar-refractivity contribution in [2.45, 2.75) is 51.4 Å². The molecule has 1 aliphatic carbocycles. The molecular formula is C11H20O. The molecule has 0 aromatic rings. The van der Waals surface area contributed by atoms with Gasteiger partial charge in [-0.1, -0.05) is 18.1 Å². The van der Waals surface area contributed by atoms with Gasteiger partial charge in [0.05, 0.1) is 0 Å². The average Bonchev–Trinajstić information content (AvgIpc) is 2.14. The Bertz CT molecular complexity index is 130. The Morgan fingerprint density at radius 3 is 2.50 bits per heavy atom. The molecule has 0 unspecified atom stereocenters. The van der Waals surface area contributed by atoms with Gasteiger partial charge in [-0.25, -0.2) is 0 Å². The molecule has 0 bridgehead atoms. The summed E-state index contributed by atoms with van der Waals surface area (Å²) >= 11 is 0. The highest BCUT2D eigenvalue weighted by Crippen LogP contribution is 2.23. The second-order valence-electron chi connectivity index (χ2n) is 3.64. The van der Waals surface area contributed by atoms with Gasteiger partial charge in [0.25, 0.3) is 0 Å². The Morgan fingerprint density at radius 2 is 1.83 bits per heavy atom. The summed E-state index contributed by atoms with van der Waals surface area (Å²) in [7, 11) is 0. The van der Waals surface area contributed by atoms with Crippen molar-refractivity contribution in [2.75, 3.05) is 6.61 Å². The van der Waals surface area contributed by atoms with Crippen LogP contribution in [0, 0.1) is 0 Å². The van der Waals surface area contributed by atoms with E-state index in [9.17, 15) is 0 Å². The molecule has 0 aromatic carbocycles. The van der Waals surface area contributed by atoms with Gasteiger partial charge in [0.15, 0.2) is 0 Å². The van der Waals surface area contributed by atoms with Gasteiger partial charge in [0.1, 0.15) is 0 Å². The summed E-state index contributed by atoms with van der Waals surface area (Å²) in [6.07, 6.45) is 12.6. The molecule has 0 radical (unpaired) electrons. The summed E-state index contributed by atoms with van der Waals surface area (Å²) in [6.45, 7) is 0.350. The molecule has 0 amide bonds. The molecule has 1 aliphatic rings. The van der Waals surface area contributed by atoms with E-state index in [1.165, 1.54) is 38.5 Å². The van der Waals surface area contributed by atoms with Crippen molar-refractivity contribution in [2.24, 2.45) is 0 Å². The molecule has 0 aromatic heterocycles. The third-order valence-corrected chi connectivity index (χ3v) is 2.54. The molecule has 1 saturated carbocycles. The van der Waals surface area contributed by atoms with E-state index in [1.54, 1.807) is 5.57 Å². The Kier molecular flexibility index (Phi) is 5.09. The number of rotatable bonds is 4. The molecule has 1 nitrogen and oxygen atoms in total. The van der Waals surface area contributed by atoms with Crippen molar-refractivity contribution in [1.82, 2.24) is 0 Å². The quantitative estimate of drug-likeness (QED) is 0.505. The van der Waals surface area contributed by atoms with Gasteiger partial charge in [-0.05, 0) is 44.9 Å². The molecule has 0 saturated heterocycles. The van der Waals surface area contributed by atoms with Crippen LogP contribution in [0.2, 0.25) is 0 Å². The van der Waals surface area contributed by atoms with Gasteiger partial charge in [0.2, 0.25) is 0 Å². The molecule has 1 rings (SSSR count). The monoisotopic (exact) mass is 168 g/mol. The minimum atomic E-state index is 0.350. The van der Waals surface area contributed by atoms with Gasteiger partial charge in [0, 0.05) is 6.61 Å². The first-order chi connectivity index (χ1) is 5.93. The van der Waals surface area contributed by atoms with E-state index < -0.39 is 0 Å². The highest BCUT2D eigenvalue weighted by Gasteiger charge is 2.03. The molecule has 70 valence electrons. The van der Waals surface area contributed by atoms with Gasteiger partial charge in [-0.15, -0.1) is 0 Å². The lowest BCUT2D eigenvalue weighted by molar-refractivity contribution is 0.285. The zero-order chi connectivity index (χ0) is 8.65. The predicted octanol–water partition coefficient (Wildman–Crippen LogP) is 3.04. The Morgan fingerprint density at radius 1 is 1.08 bits per heavy atom. The summed E-state index contributed by atoms with van der Waals surface area (Å²) in [5.74, 6) is 0. The third kappa shape index (κ3) is 3.91. The minimum absolute atomic E-state index is 0.350. The first-order valence-electron chi connectivity index (χ1n) is 5.22. The number of hydrogen-bond acceptors (Lipinski definition) is 1. The molecule has 0 atom stereocenters. The van der Waals surface area contributed by atoms with Crippen molar-refractivity contribution in [1.29, 1.82) is 0 Å². The maximum Gasteiger partial charge on any atom is 0.0431 e. The van der Waals surface area contributed by atoms with Gasteiger partial charge in [-0.2, -0.15) is 0 Å². The SMILES string of the molecule is OCCCCC=C1CCCCC1. The van der Waals surface area contributed by atoms with Crippen LogP contribution in [0.25, 0.3) is 0 Å². The lowest BCUT2D eigenvalue weighted by Gasteiger charge is -2.13. The highest BCUT2D eigenvalue weighted by atomic mass is 16.2. The van der Waals surface area contributed by atoms with Crippen LogP contribution in [0.5, 0.6) is 0 Å². The number of hydrogen-bond donors (Lipinski definition) is 1. The predicted molar refractivity (Wildman–Crippen MR) is 52.1 cm³/mol. The second kappa shape index (κ2) is 6.24. The lowest BCUT2D eigenvalue weighted by Crippen LogP contribution is -1.93. The van der Waals surface area contributed by atoms with Gasteiger partial charge in [-0.3, -0.25) is 0 Å². The summed E-state index contributed by atoms with van der Waals surface area (Å²) in [5.41, 5.74) is 1.67. The molecule has 0 spiro atoms. The molecule has 0 aliphatic heterocycles. The van der Waals surface area contributed by atoms with Crippen LogP contribution in [0.15, 0.2) is 11.6 Å². The Labute approximate surface area is 75.5 Å². The first kappa shape index (κ1) is 9.79. The van der Waals surface area contributed by atoms with Crippen LogP contribution in [0.1, 0.15) is 51.4 Å². The zero-order valence-electron chi connectivity index (χ0n) is 7.89. The molecule has 1 fully saturated rings. The van der Waals surface area contributed by atoms with Crippen molar-refractivity contribution < 1.29 is 5.11 Å². The third-order valence-electron chi connectivity index (χ3n) is 2.54. The largest absolute Gasteiger partial charge is 0.396 e. The minimum Gasteiger partial charge on any atom is -0.396 e. The van der Waals surface area contributed by atoms with Gasteiger partial charge >= 0.3 is 0 Å². The fraction of sp³-hybridized carbons (Fsp3) is 0.818. The fourth-order valence-corrected chi connectivity index (χ4v) is 1.77. The van der Waals surface area contributed by atoms with Crippen LogP contribution >= 0.6 is 0 Å². The molecule has 0 heterocycles. The Balaban J connectivity index is 2.08. The van der Waals surface area contributed by atoms with E-state index in [4.69, 9.17) is 5.11 Å². The van der Waals surface area contributed by atoms with E-state index in [1.807, 2.05) is 0 Å².